The van der Waals surface area contributed by atoms with Gasteiger partial charge in [-0.25, -0.2) is 0 Å². The van der Waals surface area contributed by atoms with E-state index < -0.39 is 0 Å². The fraction of sp³-hybridized carbons (Fsp3) is 0.500. The number of carbonyl (C=O) groups is 1. The smallest absolute Gasteiger partial charge is 0.227 e. The van der Waals surface area contributed by atoms with Crippen LogP contribution in [0.2, 0.25) is 0 Å². The van der Waals surface area contributed by atoms with Crippen LogP contribution in [0.5, 0.6) is 0 Å². The van der Waals surface area contributed by atoms with Gasteiger partial charge in [-0.1, -0.05) is 36.7 Å². The number of anilines is 1. The first-order valence-corrected chi connectivity index (χ1v) is 6.85. The topological polar surface area (TPSA) is 20.3 Å². The lowest BCUT2D eigenvalue weighted by molar-refractivity contribution is -0.120. The van der Waals surface area contributed by atoms with Crippen LogP contribution in [0.1, 0.15) is 39.2 Å². The second kappa shape index (κ2) is 4.45. The molecule has 0 N–H and O–H groups in total. The molecule has 0 atom stereocenters. The lowest BCUT2D eigenvalue weighted by Gasteiger charge is -2.38. The van der Waals surface area contributed by atoms with E-state index in [1.165, 1.54) is 5.56 Å². The highest BCUT2D eigenvalue weighted by atomic mass is 79.9. The van der Waals surface area contributed by atoms with Crippen LogP contribution >= 0.6 is 15.9 Å². The molecule has 0 saturated carbocycles. The molecule has 0 spiro atoms. The monoisotopic (exact) mass is 295 g/mol. The number of nitrogens with zero attached hydrogens (tertiary/aromatic N) is 1. The summed E-state index contributed by atoms with van der Waals surface area (Å²) in [7, 11) is 0. The molecule has 2 rings (SSSR count). The number of amides is 1. The highest BCUT2D eigenvalue weighted by Crippen LogP contribution is 2.41. The van der Waals surface area contributed by atoms with Crippen molar-refractivity contribution in [2.24, 2.45) is 0 Å². The van der Waals surface area contributed by atoms with Crippen LogP contribution in [-0.4, -0.2) is 12.5 Å². The van der Waals surface area contributed by atoms with E-state index in [1.54, 1.807) is 0 Å². The van der Waals surface area contributed by atoms with Crippen molar-refractivity contribution in [1.82, 2.24) is 0 Å². The number of hydrogen-bond acceptors (Lipinski definition) is 1. The summed E-state index contributed by atoms with van der Waals surface area (Å²) in [6, 6.07) is 6.20. The maximum atomic E-state index is 12.2. The molecule has 0 radical (unpaired) electrons. The second-order valence-corrected chi connectivity index (χ2v) is 6.18. The molecule has 1 aliphatic rings. The number of halogens is 1. The predicted molar refractivity (Wildman–Crippen MR) is 74.4 cm³/mol. The minimum Gasteiger partial charge on any atom is -0.312 e. The van der Waals surface area contributed by atoms with Crippen LogP contribution in [-0.2, 0) is 10.2 Å². The van der Waals surface area contributed by atoms with Gasteiger partial charge in [-0.15, -0.1) is 0 Å². The van der Waals surface area contributed by atoms with E-state index in [0.29, 0.717) is 6.42 Å². The molecule has 92 valence electrons. The number of hydrogen-bond donors (Lipinski definition) is 0. The van der Waals surface area contributed by atoms with Gasteiger partial charge in [0.25, 0.3) is 0 Å². The Morgan fingerprint density at radius 3 is 2.76 bits per heavy atom. The van der Waals surface area contributed by atoms with Crippen molar-refractivity contribution < 1.29 is 4.79 Å². The minimum atomic E-state index is -0.0690. The number of fused-ring (bicyclic) bond motifs is 1. The standard InChI is InChI=1S/C14H18BrNO/c1-4-7-16-12-6-5-10(15)8-11(12)14(2,3)9-13(16)17/h5-6,8H,4,7,9H2,1-3H3. The Hall–Kier alpha value is -0.830. The summed E-state index contributed by atoms with van der Waals surface area (Å²) in [4.78, 5) is 14.1. The van der Waals surface area contributed by atoms with Crippen LogP contribution in [0.15, 0.2) is 22.7 Å². The molecule has 2 nitrogen and oxygen atoms in total. The first kappa shape index (κ1) is 12.6. The fourth-order valence-electron chi connectivity index (χ4n) is 2.46. The SMILES string of the molecule is CCCN1C(=O)CC(C)(C)c2cc(Br)ccc21. The molecule has 0 aromatic heterocycles. The zero-order valence-electron chi connectivity index (χ0n) is 10.6. The Labute approximate surface area is 111 Å². The van der Waals surface area contributed by atoms with Crippen molar-refractivity contribution in [3.05, 3.63) is 28.2 Å². The molecule has 0 bridgehead atoms. The zero-order chi connectivity index (χ0) is 12.6. The Kier molecular flexibility index (Phi) is 3.30. The van der Waals surface area contributed by atoms with Gasteiger partial charge in [-0.3, -0.25) is 4.79 Å². The Morgan fingerprint density at radius 1 is 1.41 bits per heavy atom. The molecule has 0 fully saturated rings. The molecule has 0 saturated heterocycles. The predicted octanol–water partition coefficient (Wildman–Crippen LogP) is 3.87. The summed E-state index contributed by atoms with van der Waals surface area (Å²) in [5, 5.41) is 0. The second-order valence-electron chi connectivity index (χ2n) is 5.27. The molecule has 1 aromatic carbocycles. The van der Waals surface area contributed by atoms with Gasteiger partial charge in [0.05, 0.1) is 0 Å². The molecule has 0 unspecified atom stereocenters. The van der Waals surface area contributed by atoms with Gasteiger partial charge < -0.3 is 4.90 Å². The van der Waals surface area contributed by atoms with Gasteiger partial charge in [0, 0.05) is 28.5 Å². The summed E-state index contributed by atoms with van der Waals surface area (Å²) in [6.45, 7) is 7.19. The van der Waals surface area contributed by atoms with E-state index in [0.717, 1.165) is 23.1 Å². The third kappa shape index (κ3) is 2.25. The Balaban J connectivity index is 2.54. The van der Waals surface area contributed by atoms with Crippen molar-refractivity contribution in [3.63, 3.8) is 0 Å². The average Bonchev–Trinajstić information content (AvgIpc) is 2.24. The fourth-order valence-corrected chi connectivity index (χ4v) is 2.82. The van der Waals surface area contributed by atoms with Gasteiger partial charge >= 0.3 is 0 Å². The molecule has 1 aliphatic heterocycles. The first-order chi connectivity index (χ1) is 7.95. The molecule has 3 heteroatoms. The average molecular weight is 296 g/mol. The third-order valence-electron chi connectivity index (χ3n) is 3.32. The lowest BCUT2D eigenvalue weighted by Crippen LogP contribution is -2.42. The van der Waals surface area contributed by atoms with Crippen LogP contribution in [0, 0.1) is 0 Å². The van der Waals surface area contributed by atoms with Crippen LogP contribution < -0.4 is 4.90 Å². The normalized spacial score (nSPS) is 18.1. The van der Waals surface area contributed by atoms with E-state index in [-0.39, 0.29) is 11.3 Å². The molecule has 1 heterocycles. The van der Waals surface area contributed by atoms with Crippen molar-refractivity contribution >= 4 is 27.5 Å². The van der Waals surface area contributed by atoms with E-state index >= 15 is 0 Å². The van der Waals surface area contributed by atoms with Crippen molar-refractivity contribution in [1.29, 1.82) is 0 Å². The largest absolute Gasteiger partial charge is 0.312 e. The molecule has 0 aliphatic carbocycles. The van der Waals surface area contributed by atoms with Crippen LogP contribution in [0.4, 0.5) is 5.69 Å². The van der Waals surface area contributed by atoms with Gasteiger partial charge in [0.15, 0.2) is 0 Å². The van der Waals surface area contributed by atoms with Gasteiger partial charge in [-0.05, 0) is 30.2 Å². The summed E-state index contributed by atoms with van der Waals surface area (Å²) in [6.07, 6.45) is 1.58. The summed E-state index contributed by atoms with van der Waals surface area (Å²) >= 11 is 3.51. The third-order valence-corrected chi connectivity index (χ3v) is 3.81. The number of benzene rings is 1. The molecule has 1 amide bonds. The maximum absolute atomic E-state index is 12.2. The molecular weight excluding hydrogens is 278 g/mol. The Bertz CT molecular complexity index is 454. The van der Waals surface area contributed by atoms with E-state index in [1.807, 2.05) is 17.0 Å². The molecule has 1 aromatic rings. The van der Waals surface area contributed by atoms with Crippen molar-refractivity contribution in [3.8, 4) is 0 Å². The van der Waals surface area contributed by atoms with E-state index in [4.69, 9.17) is 0 Å². The minimum absolute atomic E-state index is 0.0690. The summed E-state index contributed by atoms with van der Waals surface area (Å²) in [5.74, 6) is 0.242. The lowest BCUT2D eigenvalue weighted by atomic mass is 9.77. The zero-order valence-corrected chi connectivity index (χ0v) is 12.2. The number of rotatable bonds is 2. The highest BCUT2D eigenvalue weighted by molar-refractivity contribution is 9.10. The number of carbonyl (C=O) groups excluding carboxylic acids is 1. The first-order valence-electron chi connectivity index (χ1n) is 6.06. The summed E-state index contributed by atoms with van der Waals surface area (Å²) in [5.41, 5.74) is 2.27. The van der Waals surface area contributed by atoms with Gasteiger partial charge in [-0.2, -0.15) is 0 Å². The quantitative estimate of drug-likeness (QED) is 0.811. The van der Waals surface area contributed by atoms with Crippen molar-refractivity contribution in [2.45, 2.75) is 39.0 Å². The van der Waals surface area contributed by atoms with E-state index in [2.05, 4.69) is 42.8 Å². The highest BCUT2D eigenvalue weighted by Gasteiger charge is 2.36. The van der Waals surface area contributed by atoms with Gasteiger partial charge in [0.1, 0.15) is 0 Å². The Morgan fingerprint density at radius 2 is 2.12 bits per heavy atom. The van der Waals surface area contributed by atoms with Crippen LogP contribution in [0.25, 0.3) is 0 Å². The van der Waals surface area contributed by atoms with Crippen LogP contribution in [0.3, 0.4) is 0 Å². The van der Waals surface area contributed by atoms with Gasteiger partial charge in [0.2, 0.25) is 5.91 Å². The van der Waals surface area contributed by atoms with Crippen molar-refractivity contribution in [2.75, 3.05) is 11.4 Å². The molecular formula is C14H18BrNO. The van der Waals surface area contributed by atoms with E-state index in [9.17, 15) is 4.79 Å². The maximum Gasteiger partial charge on any atom is 0.227 e. The molecule has 17 heavy (non-hydrogen) atoms. The summed E-state index contributed by atoms with van der Waals surface area (Å²) < 4.78 is 1.08.